The van der Waals surface area contributed by atoms with Gasteiger partial charge in [0.1, 0.15) is 11.8 Å². The summed E-state index contributed by atoms with van der Waals surface area (Å²) in [5.74, 6) is 0.706. The number of sulfonamides is 1. The van der Waals surface area contributed by atoms with E-state index in [2.05, 4.69) is 11.4 Å². The van der Waals surface area contributed by atoms with Crippen LogP contribution in [0.3, 0.4) is 0 Å². The van der Waals surface area contributed by atoms with Crippen LogP contribution in [0.2, 0.25) is 0 Å². The van der Waals surface area contributed by atoms with Gasteiger partial charge in [-0.05, 0) is 42.0 Å². The van der Waals surface area contributed by atoms with E-state index in [9.17, 15) is 13.7 Å². The van der Waals surface area contributed by atoms with Crippen LogP contribution in [-0.4, -0.2) is 15.5 Å². The fourth-order valence-electron chi connectivity index (χ4n) is 1.89. The zero-order valence-corrected chi connectivity index (χ0v) is 12.7. The van der Waals surface area contributed by atoms with Crippen LogP contribution in [0.25, 0.3) is 0 Å². The Morgan fingerprint density at radius 2 is 1.73 bits per heavy atom. The fraction of sp³-hybridized carbons (Fsp3) is 0.133. The molecule has 6 nitrogen and oxygen atoms in total. The summed E-state index contributed by atoms with van der Waals surface area (Å²) >= 11 is 0. The normalized spacial score (nSPS) is 12.2. The maximum absolute atomic E-state index is 11.2. The SMILES string of the molecule is COc1ccc(C(C#N)Nc2ccc(S(N)(=O)=O)cc2)cc1. The lowest BCUT2D eigenvalue weighted by atomic mass is 10.1. The minimum absolute atomic E-state index is 0.0241. The second kappa shape index (κ2) is 6.47. The van der Waals surface area contributed by atoms with E-state index in [-0.39, 0.29) is 4.90 Å². The molecule has 0 spiro atoms. The molecule has 1 unspecified atom stereocenters. The van der Waals surface area contributed by atoms with Gasteiger partial charge in [-0.1, -0.05) is 12.1 Å². The van der Waals surface area contributed by atoms with Crippen molar-refractivity contribution in [3.63, 3.8) is 0 Å². The minimum atomic E-state index is -3.72. The maximum atomic E-state index is 11.2. The monoisotopic (exact) mass is 317 g/mol. The van der Waals surface area contributed by atoms with E-state index >= 15 is 0 Å². The summed E-state index contributed by atoms with van der Waals surface area (Å²) < 4.78 is 27.5. The highest BCUT2D eigenvalue weighted by Gasteiger charge is 2.12. The van der Waals surface area contributed by atoms with E-state index in [0.717, 1.165) is 5.56 Å². The van der Waals surface area contributed by atoms with Gasteiger partial charge in [0.25, 0.3) is 0 Å². The summed E-state index contributed by atoms with van der Waals surface area (Å²) in [6, 6.07) is 14.6. The highest BCUT2D eigenvalue weighted by Crippen LogP contribution is 2.22. The van der Waals surface area contributed by atoms with Crippen molar-refractivity contribution < 1.29 is 13.2 Å². The number of nitrogens with zero attached hydrogens (tertiary/aromatic N) is 1. The van der Waals surface area contributed by atoms with Crippen molar-refractivity contribution in [2.75, 3.05) is 12.4 Å². The lowest BCUT2D eigenvalue weighted by Gasteiger charge is -2.14. The average molecular weight is 317 g/mol. The van der Waals surface area contributed by atoms with Crippen molar-refractivity contribution in [3.05, 3.63) is 54.1 Å². The first-order chi connectivity index (χ1) is 10.4. The van der Waals surface area contributed by atoms with E-state index < -0.39 is 16.1 Å². The van der Waals surface area contributed by atoms with E-state index in [0.29, 0.717) is 11.4 Å². The number of nitriles is 1. The highest BCUT2D eigenvalue weighted by molar-refractivity contribution is 7.89. The Labute approximate surface area is 129 Å². The molecule has 0 aliphatic heterocycles. The van der Waals surface area contributed by atoms with Crippen molar-refractivity contribution in [2.24, 2.45) is 5.14 Å². The number of benzene rings is 2. The van der Waals surface area contributed by atoms with Crippen molar-refractivity contribution >= 4 is 15.7 Å². The molecule has 2 aromatic rings. The average Bonchev–Trinajstić information content (AvgIpc) is 2.52. The van der Waals surface area contributed by atoms with Gasteiger partial charge in [0.05, 0.1) is 18.1 Å². The standard InChI is InChI=1S/C15H15N3O3S/c1-21-13-6-2-11(3-7-13)15(10-16)18-12-4-8-14(9-5-12)22(17,19)20/h2-9,15,18H,1H3,(H2,17,19,20). The predicted molar refractivity (Wildman–Crippen MR) is 82.8 cm³/mol. The number of ether oxygens (including phenoxy) is 1. The Balaban J connectivity index is 2.18. The summed E-state index contributed by atoms with van der Waals surface area (Å²) in [4.78, 5) is 0.0241. The van der Waals surface area contributed by atoms with Gasteiger partial charge < -0.3 is 10.1 Å². The van der Waals surface area contributed by atoms with Crippen molar-refractivity contribution in [1.29, 1.82) is 5.26 Å². The van der Waals surface area contributed by atoms with Crippen LogP contribution < -0.4 is 15.2 Å². The third kappa shape index (κ3) is 3.75. The van der Waals surface area contributed by atoms with E-state index in [4.69, 9.17) is 9.88 Å². The molecule has 0 fully saturated rings. The Kier molecular flexibility index (Phi) is 4.65. The summed E-state index contributed by atoms with van der Waals surface area (Å²) in [5, 5.41) is 17.4. The molecule has 2 rings (SSSR count). The molecule has 0 heterocycles. The summed E-state index contributed by atoms with van der Waals surface area (Å²) in [6.07, 6.45) is 0. The van der Waals surface area contributed by atoms with Crippen molar-refractivity contribution in [1.82, 2.24) is 0 Å². The van der Waals surface area contributed by atoms with Crippen LogP contribution in [-0.2, 0) is 10.0 Å². The molecule has 22 heavy (non-hydrogen) atoms. The lowest BCUT2D eigenvalue weighted by Crippen LogP contribution is -2.12. The number of nitrogens with one attached hydrogen (secondary N) is 1. The third-order valence-electron chi connectivity index (χ3n) is 3.07. The number of methoxy groups -OCH3 is 1. The molecule has 0 aliphatic carbocycles. The van der Waals surface area contributed by atoms with Crippen LogP contribution in [0.15, 0.2) is 53.4 Å². The molecule has 0 aromatic heterocycles. The second-order valence-electron chi connectivity index (χ2n) is 4.55. The number of hydrogen-bond acceptors (Lipinski definition) is 5. The van der Waals surface area contributed by atoms with Gasteiger partial charge in [-0.3, -0.25) is 0 Å². The fourth-order valence-corrected chi connectivity index (χ4v) is 2.41. The molecule has 0 aliphatic rings. The van der Waals surface area contributed by atoms with Crippen molar-refractivity contribution in [3.8, 4) is 11.8 Å². The maximum Gasteiger partial charge on any atom is 0.238 e. The van der Waals surface area contributed by atoms with Gasteiger partial charge in [-0.25, -0.2) is 13.6 Å². The Morgan fingerprint density at radius 1 is 1.14 bits per heavy atom. The molecule has 0 saturated heterocycles. The van der Waals surface area contributed by atoms with Gasteiger partial charge in [0, 0.05) is 5.69 Å². The van der Waals surface area contributed by atoms with Crippen LogP contribution in [0.4, 0.5) is 5.69 Å². The quantitative estimate of drug-likeness (QED) is 0.877. The van der Waals surface area contributed by atoms with E-state index in [1.807, 2.05) is 0 Å². The molecular formula is C15H15N3O3S. The zero-order chi connectivity index (χ0) is 16.2. The molecule has 1 atom stereocenters. The smallest absolute Gasteiger partial charge is 0.238 e. The molecule has 7 heteroatoms. The van der Waals surface area contributed by atoms with E-state index in [1.54, 1.807) is 43.5 Å². The topological polar surface area (TPSA) is 105 Å². The molecule has 114 valence electrons. The molecule has 0 amide bonds. The molecule has 2 aromatic carbocycles. The minimum Gasteiger partial charge on any atom is -0.497 e. The number of hydrogen-bond donors (Lipinski definition) is 2. The Hall–Kier alpha value is -2.56. The summed E-state index contributed by atoms with van der Waals surface area (Å²) in [7, 11) is -2.15. The lowest BCUT2D eigenvalue weighted by molar-refractivity contribution is 0.414. The largest absolute Gasteiger partial charge is 0.497 e. The molecule has 0 saturated carbocycles. The first kappa shape index (κ1) is 15.8. The van der Waals surface area contributed by atoms with Crippen LogP contribution in [0.5, 0.6) is 5.75 Å². The van der Waals surface area contributed by atoms with Crippen LogP contribution >= 0.6 is 0 Å². The summed E-state index contributed by atoms with van der Waals surface area (Å²) in [5.41, 5.74) is 1.40. The van der Waals surface area contributed by atoms with Gasteiger partial charge in [0.2, 0.25) is 10.0 Å². The first-order valence-corrected chi connectivity index (χ1v) is 7.91. The van der Waals surface area contributed by atoms with Gasteiger partial charge in [0.15, 0.2) is 0 Å². The Bertz CT molecular complexity index is 778. The van der Waals surface area contributed by atoms with Crippen molar-refractivity contribution in [2.45, 2.75) is 10.9 Å². The van der Waals surface area contributed by atoms with Gasteiger partial charge >= 0.3 is 0 Å². The predicted octanol–water partition coefficient (Wildman–Crippen LogP) is 2.02. The van der Waals surface area contributed by atoms with Gasteiger partial charge in [-0.2, -0.15) is 5.26 Å². The molecular weight excluding hydrogens is 302 g/mol. The molecule has 0 bridgehead atoms. The number of primary sulfonamides is 1. The Morgan fingerprint density at radius 3 is 2.18 bits per heavy atom. The number of anilines is 1. The van der Waals surface area contributed by atoms with Crippen LogP contribution in [0.1, 0.15) is 11.6 Å². The third-order valence-corrected chi connectivity index (χ3v) is 4.00. The number of rotatable bonds is 5. The molecule has 3 N–H and O–H groups in total. The first-order valence-electron chi connectivity index (χ1n) is 6.37. The van der Waals surface area contributed by atoms with Crippen LogP contribution in [0, 0.1) is 11.3 Å². The molecule has 0 radical (unpaired) electrons. The number of nitrogens with two attached hydrogens (primary N) is 1. The second-order valence-corrected chi connectivity index (χ2v) is 6.11. The zero-order valence-electron chi connectivity index (χ0n) is 11.9. The highest BCUT2D eigenvalue weighted by atomic mass is 32.2. The van der Waals surface area contributed by atoms with E-state index in [1.165, 1.54) is 12.1 Å². The summed E-state index contributed by atoms with van der Waals surface area (Å²) in [6.45, 7) is 0. The van der Waals surface area contributed by atoms with Gasteiger partial charge in [-0.15, -0.1) is 0 Å².